The summed E-state index contributed by atoms with van der Waals surface area (Å²) in [5.74, 6) is -0.0671. The Kier molecular flexibility index (Phi) is 18.3. The second-order valence-electron chi connectivity index (χ2n) is 11.7. The first-order valence-electron chi connectivity index (χ1n) is 16.0. The number of ether oxygens (including phenoxy) is 3. The highest BCUT2D eigenvalue weighted by Gasteiger charge is 2.28. The number of unbranched alkanes of at least 4 members (excludes halogenated alkanes) is 1. The molecule has 0 spiro atoms. The standard InChI is InChI=1S/C37H56O7/c1-9-12-18-37(25-38,26-39)19-22-42-34-30(16-13-20-43-35(40)27(4)5)23-32(33(15-10-2)29(8)11-3)24-31(34)17-14-21-44-36(41)28(6)7/h10,15,23-24,38-39H,4,6,9,11-14,16-22,25-26H2,1-3,5,7-8H3/b15-10-,33-29-. The van der Waals surface area contributed by atoms with Gasteiger partial charge in [0.2, 0.25) is 0 Å². The Morgan fingerprint density at radius 2 is 1.36 bits per heavy atom. The normalized spacial score (nSPS) is 12.2. The van der Waals surface area contributed by atoms with Gasteiger partial charge in [0.15, 0.2) is 0 Å². The molecule has 0 aliphatic rings. The monoisotopic (exact) mass is 612 g/mol. The van der Waals surface area contributed by atoms with Crippen molar-refractivity contribution in [3.05, 3.63) is 70.9 Å². The van der Waals surface area contributed by atoms with Gasteiger partial charge in [-0.1, -0.05) is 57.6 Å². The van der Waals surface area contributed by atoms with E-state index < -0.39 is 17.4 Å². The summed E-state index contributed by atoms with van der Waals surface area (Å²) in [5, 5.41) is 20.3. The van der Waals surface area contributed by atoms with E-state index in [1.54, 1.807) is 13.8 Å². The number of hydrogen-bond donors (Lipinski definition) is 2. The van der Waals surface area contributed by atoms with Crippen molar-refractivity contribution in [2.24, 2.45) is 5.41 Å². The van der Waals surface area contributed by atoms with Gasteiger partial charge in [0.05, 0.1) is 33.0 Å². The van der Waals surface area contributed by atoms with Crippen molar-refractivity contribution in [2.75, 3.05) is 33.0 Å². The predicted octanol–water partition coefficient (Wildman–Crippen LogP) is 7.48. The molecule has 0 saturated carbocycles. The molecule has 0 amide bonds. The second kappa shape index (κ2) is 20.7. The summed E-state index contributed by atoms with van der Waals surface area (Å²) >= 11 is 0. The molecule has 7 nitrogen and oxygen atoms in total. The minimum Gasteiger partial charge on any atom is -0.493 e. The molecular formula is C37H56O7. The quantitative estimate of drug-likeness (QED) is 0.0606. The Hall–Kier alpha value is -3.16. The number of carbonyl (C=O) groups is 2. The summed E-state index contributed by atoms with van der Waals surface area (Å²) in [6, 6.07) is 4.30. The highest BCUT2D eigenvalue weighted by molar-refractivity contribution is 5.87. The SMILES string of the molecule is C=C(C)C(=O)OCCCc1cc(C(/C=C\C)=C(/C)CC)cc(CCCOC(=O)C(=C)C)c1OCCC(CO)(CO)CCCC. The molecule has 246 valence electrons. The van der Waals surface area contributed by atoms with Gasteiger partial charge in [0.1, 0.15) is 5.75 Å². The summed E-state index contributed by atoms with van der Waals surface area (Å²) in [7, 11) is 0. The summed E-state index contributed by atoms with van der Waals surface area (Å²) < 4.78 is 17.3. The first kappa shape index (κ1) is 38.9. The van der Waals surface area contributed by atoms with Crippen LogP contribution in [0.5, 0.6) is 5.75 Å². The van der Waals surface area contributed by atoms with Crippen LogP contribution in [0.1, 0.15) is 103 Å². The van der Waals surface area contributed by atoms with Crippen LogP contribution in [0.2, 0.25) is 0 Å². The van der Waals surface area contributed by atoms with Gasteiger partial charge in [-0.3, -0.25) is 0 Å². The van der Waals surface area contributed by atoms with Crippen LogP contribution in [0.15, 0.2) is 54.2 Å². The number of rotatable bonds is 22. The van der Waals surface area contributed by atoms with Gasteiger partial charge < -0.3 is 24.4 Å². The zero-order valence-corrected chi connectivity index (χ0v) is 28.1. The van der Waals surface area contributed by atoms with E-state index in [2.05, 4.69) is 52.1 Å². The highest BCUT2D eigenvalue weighted by atomic mass is 16.5. The summed E-state index contributed by atoms with van der Waals surface area (Å²) in [6.45, 7) is 19.5. The van der Waals surface area contributed by atoms with Crippen LogP contribution in [0, 0.1) is 5.41 Å². The number of aliphatic hydroxyl groups is 2. The van der Waals surface area contributed by atoms with E-state index in [1.807, 2.05) is 13.0 Å². The first-order valence-corrected chi connectivity index (χ1v) is 16.0. The molecule has 0 aliphatic carbocycles. The molecule has 0 unspecified atom stereocenters. The predicted molar refractivity (Wildman–Crippen MR) is 179 cm³/mol. The van der Waals surface area contributed by atoms with Gasteiger partial charge in [-0.05, 0) is 107 Å². The highest BCUT2D eigenvalue weighted by Crippen LogP contribution is 2.35. The van der Waals surface area contributed by atoms with Gasteiger partial charge in [-0.2, -0.15) is 0 Å². The van der Waals surface area contributed by atoms with Crippen molar-refractivity contribution in [3.63, 3.8) is 0 Å². The number of benzene rings is 1. The van der Waals surface area contributed by atoms with Crippen LogP contribution in [0.3, 0.4) is 0 Å². The minimum absolute atomic E-state index is 0.110. The molecule has 2 N–H and O–H groups in total. The topological polar surface area (TPSA) is 102 Å². The fourth-order valence-corrected chi connectivity index (χ4v) is 4.82. The van der Waals surface area contributed by atoms with Crippen molar-refractivity contribution >= 4 is 17.5 Å². The molecule has 1 aromatic carbocycles. The summed E-state index contributed by atoms with van der Waals surface area (Å²) in [4.78, 5) is 23.9. The van der Waals surface area contributed by atoms with Gasteiger partial charge in [0, 0.05) is 16.6 Å². The second-order valence-corrected chi connectivity index (χ2v) is 11.7. The number of esters is 2. The summed E-state index contributed by atoms with van der Waals surface area (Å²) in [6.07, 6.45) is 10.6. The third-order valence-corrected chi connectivity index (χ3v) is 7.83. The molecule has 0 aliphatic heterocycles. The van der Waals surface area contributed by atoms with Crippen LogP contribution in [0.4, 0.5) is 0 Å². The average molecular weight is 613 g/mol. The zero-order valence-electron chi connectivity index (χ0n) is 28.1. The third kappa shape index (κ3) is 12.8. The smallest absolute Gasteiger partial charge is 0.333 e. The van der Waals surface area contributed by atoms with Crippen LogP contribution in [-0.2, 0) is 31.9 Å². The Labute approximate surface area is 265 Å². The van der Waals surface area contributed by atoms with E-state index in [-0.39, 0.29) is 26.4 Å². The molecule has 44 heavy (non-hydrogen) atoms. The molecule has 0 heterocycles. The van der Waals surface area contributed by atoms with Crippen LogP contribution < -0.4 is 4.74 Å². The van der Waals surface area contributed by atoms with E-state index in [0.717, 1.165) is 47.3 Å². The number of aryl methyl sites for hydroxylation is 2. The molecule has 0 bridgehead atoms. The lowest BCUT2D eigenvalue weighted by Gasteiger charge is -2.30. The van der Waals surface area contributed by atoms with Crippen molar-refractivity contribution in [3.8, 4) is 5.75 Å². The molecule has 0 saturated heterocycles. The van der Waals surface area contributed by atoms with Crippen molar-refractivity contribution in [2.45, 2.75) is 99.3 Å². The minimum atomic E-state index is -0.607. The Morgan fingerprint density at radius 1 is 0.841 bits per heavy atom. The maximum atomic E-state index is 12.0. The Morgan fingerprint density at radius 3 is 1.77 bits per heavy atom. The van der Waals surface area contributed by atoms with Crippen molar-refractivity contribution in [1.82, 2.24) is 0 Å². The molecular weight excluding hydrogens is 556 g/mol. The molecule has 0 atom stereocenters. The lowest BCUT2D eigenvalue weighted by molar-refractivity contribution is -0.139. The zero-order chi connectivity index (χ0) is 33.1. The van der Waals surface area contributed by atoms with E-state index in [1.165, 1.54) is 5.57 Å². The number of carbonyl (C=O) groups excluding carboxylic acids is 2. The lowest BCUT2D eigenvalue weighted by atomic mass is 9.81. The number of aliphatic hydroxyl groups excluding tert-OH is 2. The van der Waals surface area contributed by atoms with E-state index in [4.69, 9.17) is 14.2 Å². The maximum absolute atomic E-state index is 12.0. The van der Waals surface area contributed by atoms with Crippen LogP contribution >= 0.6 is 0 Å². The van der Waals surface area contributed by atoms with Crippen molar-refractivity contribution in [1.29, 1.82) is 0 Å². The molecule has 1 aromatic rings. The molecule has 0 aromatic heterocycles. The third-order valence-electron chi connectivity index (χ3n) is 7.83. The Balaban J connectivity index is 3.53. The number of hydrogen-bond acceptors (Lipinski definition) is 7. The van der Waals surface area contributed by atoms with E-state index in [9.17, 15) is 19.8 Å². The summed E-state index contributed by atoms with van der Waals surface area (Å²) in [5.41, 5.74) is 5.56. The molecule has 7 heteroatoms. The van der Waals surface area contributed by atoms with Crippen LogP contribution in [-0.4, -0.2) is 55.2 Å². The first-order chi connectivity index (χ1) is 21.0. The fourth-order valence-electron chi connectivity index (χ4n) is 4.82. The fraction of sp³-hybridized carbons (Fsp3) is 0.568. The van der Waals surface area contributed by atoms with Gasteiger partial charge >= 0.3 is 11.9 Å². The van der Waals surface area contributed by atoms with E-state index in [0.29, 0.717) is 56.3 Å². The lowest BCUT2D eigenvalue weighted by Crippen LogP contribution is -2.32. The van der Waals surface area contributed by atoms with Gasteiger partial charge in [-0.25, -0.2) is 9.59 Å². The van der Waals surface area contributed by atoms with Gasteiger partial charge in [0.25, 0.3) is 0 Å². The average Bonchev–Trinajstić information content (AvgIpc) is 3.01. The molecule has 0 radical (unpaired) electrons. The molecule has 0 fully saturated rings. The number of allylic oxidation sites excluding steroid dienone is 4. The molecule has 1 rings (SSSR count). The Bertz CT molecular complexity index is 1100. The van der Waals surface area contributed by atoms with Crippen LogP contribution in [0.25, 0.3) is 5.57 Å². The largest absolute Gasteiger partial charge is 0.493 e. The van der Waals surface area contributed by atoms with Crippen molar-refractivity contribution < 1.29 is 34.0 Å². The maximum Gasteiger partial charge on any atom is 0.333 e. The van der Waals surface area contributed by atoms with E-state index >= 15 is 0 Å². The van der Waals surface area contributed by atoms with Gasteiger partial charge in [-0.15, -0.1) is 0 Å².